The number of rotatable bonds is 7. The molecule has 2 rings (SSSR count). The van der Waals surface area contributed by atoms with Crippen LogP contribution >= 0.6 is 35.6 Å². The van der Waals surface area contributed by atoms with Crippen LogP contribution < -0.4 is 10.6 Å². The first-order valence-electron chi connectivity index (χ1n) is 8.82. The number of nitrogens with one attached hydrogen (secondary N) is 2. The molecule has 1 aliphatic rings. The molecule has 1 heterocycles. The molecule has 0 aliphatic carbocycles. The number of halogens is 2. The third-order valence-electron chi connectivity index (χ3n) is 4.10. The molecule has 0 spiro atoms. The Bertz CT molecular complexity index is 609. The summed E-state index contributed by atoms with van der Waals surface area (Å²) in [7, 11) is 3.47. The summed E-state index contributed by atoms with van der Waals surface area (Å²) in [6.45, 7) is 5.73. The molecule has 1 aromatic carbocycles. The monoisotopic (exact) mass is 509 g/mol. The maximum atomic E-state index is 11.8. The molecule has 7 nitrogen and oxygen atoms in total. The van der Waals surface area contributed by atoms with Crippen molar-refractivity contribution >= 4 is 47.4 Å². The van der Waals surface area contributed by atoms with E-state index in [4.69, 9.17) is 16.3 Å². The number of hydrogen-bond donors (Lipinski definition) is 2. The number of carbonyl (C=O) groups excluding carboxylic acids is 1. The first-order chi connectivity index (χ1) is 12.6. The van der Waals surface area contributed by atoms with Crippen LogP contribution in [-0.2, 0) is 16.1 Å². The smallest absolute Gasteiger partial charge is 0.241 e. The van der Waals surface area contributed by atoms with Gasteiger partial charge >= 0.3 is 0 Å². The molecular weight excluding hydrogens is 481 g/mol. The number of likely N-dealkylation sites (N-methyl/N-ethyl adjacent to an activating group) is 1. The van der Waals surface area contributed by atoms with Gasteiger partial charge in [0.1, 0.15) is 0 Å². The van der Waals surface area contributed by atoms with E-state index in [-0.39, 0.29) is 36.4 Å². The first kappa shape index (κ1) is 23.9. The number of nitrogens with zero attached hydrogens (tertiary/aromatic N) is 3. The Kier molecular flexibility index (Phi) is 11.7. The van der Waals surface area contributed by atoms with Gasteiger partial charge in [0.2, 0.25) is 5.91 Å². The van der Waals surface area contributed by atoms with Crippen molar-refractivity contribution in [3.63, 3.8) is 0 Å². The van der Waals surface area contributed by atoms with E-state index in [9.17, 15) is 4.79 Å². The number of hydrogen-bond acceptors (Lipinski definition) is 4. The van der Waals surface area contributed by atoms with Crippen LogP contribution in [0.4, 0.5) is 0 Å². The molecule has 1 aliphatic heterocycles. The first-order valence-corrected chi connectivity index (χ1v) is 9.20. The van der Waals surface area contributed by atoms with Crippen LogP contribution in [0.15, 0.2) is 29.3 Å². The van der Waals surface area contributed by atoms with Gasteiger partial charge in [-0.05, 0) is 11.6 Å². The average molecular weight is 510 g/mol. The minimum Gasteiger partial charge on any atom is -0.379 e. The van der Waals surface area contributed by atoms with E-state index in [1.54, 1.807) is 19.0 Å². The number of morpholine rings is 1. The van der Waals surface area contributed by atoms with Crippen molar-refractivity contribution in [1.82, 2.24) is 20.4 Å². The van der Waals surface area contributed by atoms with Gasteiger partial charge in [0.25, 0.3) is 0 Å². The number of benzene rings is 1. The molecule has 1 fully saturated rings. The number of amides is 1. The summed E-state index contributed by atoms with van der Waals surface area (Å²) < 4.78 is 5.36. The zero-order chi connectivity index (χ0) is 18.8. The van der Waals surface area contributed by atoms with E-state index in [1.807, 2.05) is 24.3 Å². The zero-order valence-electron chi connectivity index (χ0n) is 15.9. The van der Waals surface area contributed by atoms with Crippen molar-refractivity contribution in [3.8, 4) is 0 Å². The van der Waals surface area contributed by atoms with Crippen LogP contribution in [0, 0.1) is 0 Å². The standard InChI is InChI=1S/C18H28ClN5O2.HI/c1-23(2)17(25)14-22-18(20-7-8-24-9-11-26-12-10-24)21-13-15-5-3-4-6-16(15)19;/h3-6H,7-14H2,1-2H3,(H2,20,21,22);1H. The van der Waals surface area contributed by atoms with Crippen LogP contribution in [0.25, 0.3) is 0 Å². The molecule has 9 heteroatoms. The maximum Gasteiger partial charge on any atom is 0.241 e. The highest BCUT2D eigenvalue weighted by atomic mass is 127. The van der Waals surface area contributed by atoms with Crippen LogP contribution in [0.1, 0.15) is 5.56 Å². The summed E-state index contributed by atoms with van der Waals surface area (Å²) in [5.74, 6) is 0.596. The Morgan fingerprint density at radius 2 is 1.96 bits per heavy atom. The fourth-order valence-electron chi connectivity index (χ4n) is 2.44. The Balaban J connectivity index is 0.00000364. The molecular formula is C18H29ClIN5O2. The lowest BCUT2D eigenvalue weighted by molar-refractivity contribution is -0.127. The third kappa shape index (κ3) is 9.09. The second-order valence-electron chi connectivity index (χ2n) is 6.28. The van der Waals surface area contributed by atoms with Crippen molar-refractivity contribution in [2.24, 2.45) is 4.99 Å². The van der Waals surface area contributed by atoms with E-state index in [2.05, 4.69) is 20.5 Å². The predicted octanol–water partition coefficient (Wildman–Crippen LogP) is 1.41. The van der Waals surface area contributed by atoms with E-state index in [1.165, 1.54) is 0 Å². The van der Waals surface area contributed by atoms with Crippen molar-refractivity contribution in [3.05, 3.63) is 34.9 Å². The second kappa shape index (κ2) is 13.1. The highest BCUT2D eigenvalue weighted by Crippen LogP contribution is 2.15. The van der Waals surface area contributed by atoms with E-state index < -0.39 is 0 Å². The average Bonchev–Trinajstić information content (AvgIpc) is 2.65. The number of carbonyl (C=O) groups is 1. The summed E-state index contributed by atoms with van der Waals surface area (Å²) in [4.78, 5) is 20.3. The number of aliphatic imine (C=N–C) groups is 1. The molecule has 0 atom stereocenters. The quantitative estimate of drug-likeness (QED) is 0.331. The topological polar surface area (TPSA) is 69.2 Å². The highest BCUT2D eigenvalue weighted by Gasteiger charge is 2.11. The van der Waals surface area contributed by atoms with Gasteiger partial charge in [-0.2, -0.15) is 0 Å². The van der Waals surface area contributed by atoms with E-state index in [0.717, 1.165) is 45.0 Å². The van der Waals surface area contributed by atoms with Crippen molar-refractivity contribution in [2.45, 2.75) is 6.54 Å². The molecule has 1 aromatic rings. The summed E-state index contributed by atoms with van der Waals surface area (Å²) >= 11 is 6.19. The Labute approximate surface area is 183 Å². The largest absolute Gasteiger partial charge is 0.379 e. The normalized spacial score (nSPS) is 15.0. The molecule has 27 heavy (non-hydrogen) atoms. The van der Waals surface area contributed by atoms with Crippen LogP contribution in [-0.4, -0.2) is 81.7 Å². The highest BCUT2D eigenvalue weighted by molar-refractivity contribution is 14.0. The van der Waals surface area contributed by atoms with Crippen LogP contribution in [0.3, 0.4) is 0 Å². The fraction of sp³-hybridized carbons (Fsp3) is 0.556. The van der Waals surface area contributed by atoms with E-state index >= 15 is 0 Å². The molecule has 0 bridgehead atoms. The summed E-state index contributed by atoms with van der Waals surface area (Å²) in [5, 5.41) is 7.07. The molecule has 0 radical (unpaired) electrons. The number of guanidine groups is 1. The Morgan fingerprint density at radius 3 is 2.63 bits per heavy atom. The molecule has 1 amide bonds. The van der Waals surface area contributed by atoms with Gasteiger partial charge in [-0.15, -0.1) is 24.0 Å². The van der Waals surface area contributed by atoms with Crippen LogP contribution in [0.5, 0.6) is 0 Å². The summed E-state index contributed by atoms with van der Waals surface area (Å²) in [6, 6.07) is 7.62. The van der Waals surface area contributed by atoms with Gasteiger partial charge in [-0.1, -0.05) is 29.8 Å². The number of ether oxygens (including phenoxy) is 1. The minimum absolute atomic E-state index is 0. The lowest BCUT2D eigenvalue weighted by Gasteiger charge is -2.26. The second-order valence-corrected chi connectivity index (χ2v) is 6.69. The van der Waals surface area contributed by atoms with Gasteiger partial charge in [-0.25, -0.2) is 4.99 Å². The lowest BCUT2D eigenvalue weighted by atomic mass is 10.2. The molecule has 152 valence electrons. The molecule has 1 saturated heterocycles. The van der Waals surface area contributed by atoms with Crippen molar-refractivity contribution in [1.29, 1.82) is 0 Å². The van der Waals surface area contributed by atoms with Gasteiger partial charge in [0.05, 0.1) is 26.3 Å². The fourth-order valence-corrected chi connectivity index (χ4v) is 2.64. The molecule has 0 aromatic heterocycles. The summed E-state index contributed by atoms with van der Waals surface area (Å²) in [6.07, 6.45) is 0. The van der Waals surface area contributed by atoms with Gasteiger partial charge < -0.3 is 20.3 Å². The molecule has 0 unspecified atom stereocenters. The van der Waals surface area contributed by atoms with Gasteiger partial charge in [0.15, 0.2) is 5.96 Å². The van der Waals surface area contributed by atoms with E-state index in [0.29, 0.717) is 17.5 Å². The molecule has 0 saturated carbocycles. The summed E-state index contributed by atoms with van der Waals surface area (Å²) in [5.41, 5.74) is 0.947. The van der Waals surface area contributed by atoms with Crippen molar-refractivity contribution < 1.29 is 9.53 Å². The van der Waals surface area contributed by atoms with Crippen LogP contribution in [0.2, 0.25) is 5.02 Å². The molecule has 2 N–H and O–H groups in total. The lowest BCUT2D eigenvalue weighted by Crippen LogP contribution is -2.46. The third-order valence-corrected chi connectivity index (χ3v) is 4.46. The Hall–Kier alpha value is -1.10. The zero-order valence-corrected chi connectivity index (χ0v) is 19.0. The maximum absolute atomic E-state index is 11.8. The Morgan fingerprint density at radius 1 is 1.26 bits per heavy atom. The SMILES string of the molecule is CN(C)C(=O)CNC(=NCc1ccccc1Cl)NCCN1CCOCC1.I. The van der Waals surface area contributed by atoms with Gasteiger partial charge in [0, 0.05) is 45.3 Å². The predicted molar refractivity (Wildman–Crippen MR) is 120 cm³/mol. The van der Waals surface area contributed by atoms with Crippen molar-refractivity contribution in [2.75, 3.05) is 60.0 Å². The minimum atomic E-state index is -0.00887. The van der Waals surface area contributed by atoms with Gasteiger partial charge in [-0.3, -0.25) is 9.69 Å².